The average Bonchev–Trinajstić information content (AvgIpc) is 2.42. The molecule has 0 amide bonds. The quantitative estimate of drug-likeness (QED) is 0.823. The summed E-state index contributed by atoms with van der Waals surface area (Å²) in [7, 11) is 1.56. The Morgan fingerprint density at radius 2 is 1.94 bits per heavy atom. The molecule has 0 aliphatic heterocycles. The van der Waals surface area contributed by atoms with Crippen molar-refractivity contribution >= 4 is 0 Å². The summed E-state index contributed by atoms with van der Waals surface area (Å²) in [4.78, 5) is 1.40. The van der Waals surface area contributed by atoms with Crippen molar-refractivity contribution < 1.29 is 13.2 Å². The molecular weight excluding hydrogens is 241 g/mol. The summed E-state index contributed by atoms with van der Waals surface area (Å²) >= 11 is 0. The fraction of sp³-hybridized carbons (Fsp3) is 1.00. The molecule has 0 aromatic heterocycles. The Balaban J connectivity index is 2.55. The highest BCUT2D eigenvalue weighted by Crippen LogP contribution is 2.41. The van der Waals surface area contributed by atoms with Crippen LogP contribution < -0.4 is 5.32 Å². The van der Waals surface area contributed by atoms with Crippen LogP contribution in [0.25, 0.3) is 0 Å². The lowest BCUT2D eigenvalue weighted by Gasteiger charge is -2.33. The van der Waals surface area contributed by atoms with Crippen molar-refractivity contribution in [1.29, 1.82) is 0 Å². The zero-order chi connectivity index (χ0) is 14.0. The summed E-state index contributed by atoms with van der Waals surface area (Å²) in [6.45, 7) is 7.01. The van der Waals surface area contributed by atoms with Crippen molar-refractivity contribution in [1.82, 2.24) is 10.2 Å². The third-order valence-electron chi connectivity index (χ3n) is 3.89. The van der Waals surface area contributed by atoms with Crippen molar-refractivity contribution in [3.63, 3.8) is 0 Å². The molecule has 1 rings (SSSR count). The molecule has 0 bridgehead atoms. The first-order chi connectivity index (χ1) is 8.15. The molecule has 0 heterocycles. The molecule has 108 valence electrons. The molecule has 0 aromatic carbocycles. The Kier molecular flexibility index (Phi) is 5.06. The molecular formula is C13H25F3N2. The summed E-state index contributed by atoms with van der Waals surface area (Å²) in [6.07, 6.45) is -2.02. The normalized spacial score (nSPS) is 28.0. The molecule has 1 N–H and O–H groups in total. The average molecular weight is 266 g/mol. The van der Waals surface area contributed by atoms with Crippen LogP contribution in [0.15, 0.2) is 0 Å². The molecule has 5 heteroatoms. The van der Waals surface area contributed by atoms with E-state index in [4.69, 9.17) is 0 Å². The second-order valence-corrected chi connectivity index (χ2v) is 6.13. The van der Waals surface area contributed by atoms with E-state index in [0.717, 1.165) is 19.4 Å². The number of alkyl halides is 3. The van der Waals surface area contributed by atoms with Gasteiger partial charge in [-0.15, -0.1) is 0 Å². The van der Waals surface area contributed by atoms with Crippen LogP contribution in [0.5, 0.6) is 0 Å². The fourth-order valence-electron chi connectivity index (χ4n) is 3.15. The first-order valence-electron chi connectivity index (χ1n) is 6.64. The van der Waals surface area contributed by atoms with Crippen LogP contribution in [0.4, 0.5) is 13.2 Å². The van der Waals surface area contributed by atoms with Crippen LogP contribution in [-0.4, -0.2) is 43.8 Å². The number of nitrogens with zero attached hydrogens (tertiary/aromatic N) is 1. The summed E-state index contributed by atoms with van der Waals surface area (Å²) in [6, 6.07) is 0.318. The molecule has 1 saturated carbocycles. The van der Waals surface area contributed by atoms with Crippen LogP contribution in [0.3, 0.4) is 0 Å². The maximum Gasteiger partial charge on any atom is 0.401 e. The molecule has 2 atom stereocenters. The Morgan fingerprint density at radius 3 is 2.44 bits per heavy atom. The summed E-state index contributed by atoms with van der Waals surface area (Å²) in [5.41, 5.74) is 0.180. The van der Waals surface area contributed by atoms with Crippen LogP contribution in [-0.2, 0) is 0 Å². The number of halogens is 3. The van der Waals surface area contributed by atoms with E-state index in [-0.39, 0.29) is 5.41 Å². The summed E-state index contributed by atoms with van der Waals surface area (Å²) in [5, 5.41) is 3.45. The summed E-state index contributed by atoms with van der Waals surface area (Å²) < 4.78 is 37.0. The minimum atomic E-state index is -4.10. The summed E-state index contributed by atoms with van der Waals surface area (Å²) in [5.74, 6) is 0.312. The molecule has 2 unspecified atom stereocenters. The first kappa shape index (κ1) is 15.8. The number of rotatable bonds is 5. The second kappa shape index (κ2) is 5.78. The van der Waals surface area contributed by atoms with Gasteiger partial charge >= 0.3 is 6.18 Å². The van der Waals surface area contributed by atoms with Gasteiger partial charge in [0.2, 0.25) is 0 Å². The van der Waals surface area contributed by atoms with Gasteiger partial charge in [-0.2, -0.15) is 13.2 Å². The van der Waals surface area contributed by atoms with E-state index in [2.05, 4.69) is 19.2 Å². The first-order valence-corrected chi connectivity index (χ1v) is 6.64. The molecule has 1 aliphatic rings. The molecule has 18 heavy (non-hydrogen) atoms. The minimum Gasteiger partial charge on any atom is -0.313 e. The maximum absolute atomic E-state index is 12.3. The monoisotopic (exact) mass is 266 g/mol. The molecule has 2 nitrogen and oxygen atoms in total. The smallest absolute Gasteiger partial charge is 0.313 e. The highest BCUT2D eigenvalue weighted by atomic mass is 19.4. The zero-order valence-corrected chi connectivity index (χ0v) is 11.8. The van der Waals surface area contributed by atoms with Gasteiger partial charge in [-0.25, -0.2) is 0 Å². The SMILES string of the molecule is CCNC1C(CN(C)CC(F)(F)F)CCC1(C)C. The number of hydrogen-bond donors (Lipinski definition) is 1. The predicted molar refractivity (Wildman–Crippen MR) is 67.5 cm³/mol. The van der Waals surface area contributed by atoms with E-state index in [9.17, 15) is 13.2 Å². The largest absolute Gasteiger partial charge is 0.401 e. The van der Waals surface area contributed by atoms with Gasteiger partial charge in [-0.3, -0.25) is 4.90 Å². The van der Waals surface area contributed by atoms with Gasteiger partial charge < -0.3 is 5.32 Å². The molecule has 0 aromatic rings. The zero-order valence-electron chi connectivity index (χ0n) is 11.8. The topological polar surface area (TPSA) is 15.3 Å². The van der Waals surface area contributed by atoms with E-state index in [1.165, 1.54) is 4.90 Å². The van der Waals surface area contributed by atoms with Crippen LogP contribution in [0.2, 0.25) is 0 Å². The number of nitrogens with one attached hydrogen (secondary N) is 1. The standard InChI is InChI=1S/C13H25F3N2/c1-5-17-11-10(6-7-12(11,2)3)8-18(4)9-13(14,15)16/h10-11,17H,5-9H2,1-4H3. The van der Waals surface area contributed by atoms with Gasteiger partial charge in [-0.1, -0.05) is 20.8 Å². The third-order valence-corrected chi connectivity index (χ3v) is 3.89. The van der Waals surface area contributed by atoms with Crippen LogP contribution >= 0.6 is 0 Å². The second-order valence-electron chi connectivity index (χ2n) is 6.13. The van der Waals surface area contributed by atoms with E-state index in [1.807, 2.05) is 6.92 Å². The van der Waals surface area contributed by atoms with Gasteiger partial charge in [0.05, 0.1) is 6.54 Å². The lowest BCUT2D eigenvalue weighted by Crippen LogP contribution is -2.46. The third kappa shape index (κ3) is 4.43. The van der Waals surface area contributed by atoms with E-state index < -0.39 is 12.7 Å². The van der Waals surface area contributed by atoms with Crippen LogP contribution in [0, 0.1) is 11.3 Å². The van der Waals surface area contributed by atoms with Gasteiger partial charge in [-0.05, 0) is 37.8 Å². The van der Waals surface area contributed by atoms with Crippen molar-refractivity contribution in [2.75, 3.05) is 26.7 Å². The van der Waals surface area contributed by atoms with E-state index in [1.54, 1.807) is 7.05 Å². The number of hydrogen-bond acceptors (Lipinski definition) is 2. The van der Waals surface area contributed by atoms with Gasteiger partial charge in [0.25, 0.3) is 0 Å². The minimum absolute atomic E-state index is 0.180. The molecule has 0 radical (unpaired) electrons. The highest BCUT2D eigenvalue weighted by Gasteiger charge is 2.42. The Bertz CT molecular complexity index is 263. The van der Waals surface area contributed by atoms with Gasteiger partial charge in [0.1, 0.15) is 0 Å². The lowest BCUT2D eigenvalue weighted by molar-refractivity contribution is -0.144. The van der Waals surface area contributed by atoms with Crippen LogP contribution in [0.1, 0.15) is 33.6 Å². The van der Waals surface area contributed by atoms with Gasteiger partial charge in [0.15, 0.2) is 0 Å². The molecule has 1 aliphatic carbocycles. The van der Waals surface area contributed by atoms with Gasteiger partial charge in [0, 0.05) is 12.6 Å². The Morgan fingerprint density at radius 1 is 1.33 bits per heavy atom. The van der Waals surface area contributed by atoms with E-state index >= 15 is 0 Å². The van der Waals surface area contributed by atoms with Crippen molar-refractivity contribution in [3.05, 3.63) is 0 Å². The van der Waals surface area contributed by atoms with E-state index in [0.29, 0.717) is 18.5 Å². The molecule has 0 spiro atoms. The maximum atomic E-state index is 12.3. The molecule has 0 saturated heterocycles. The Hall–Kier alpha value is -0.290. The fourth-order valence-corrected chi connectivity index (χ4v) is 3.15. The molecule has 1 fully saturated rings. The Labute approximate surface area is 108 Å². The van der Waals surface area contributed by atoms with Crippen molar-refractivity contribution in [2.45, 2.75) is 45.8 Å². The van der Waals surface area contributed by atoms with Crippen molar-refractivity contribution in [2.24, 2.45) is 11.3 Å². The van der Waals surface area contributed by atoms with Crippen molar-refractivity contribution in [3.8, 4) is 0 Å². The highest BCUT2D eigenvalue weighted by molar-refractivity contribution is 4.96. The predicted octanol–water partition coefficient (Wildman–Crippen LogP) is 2.89. The lowest BCUT2D eigenvalue weighted by atomic mass is 9.84.